The highest BCUT2D eigenvalue weighted by molar-refractivity contribution is 5.81. The summed E-state index contributed by atoms with van der Waals surface area (Å²) < 4.78 is 13.7. The number of aryl methyl sites for hydroxylation is 1. The van der Waals surface area contributed by atoms with E-state index in [1.165, 1.54) is 40.7 Å². The Morgan fingerprint density at radius 2 is 1.73 bits per heavy atom. The van der Waals surface area contributed by atoms with Crippen LogP contribution in [0.15, 0.2) is 54.6 Å². The maximum atomic E-state index is 13.7. The summed E-state index contributed by atoms with van der Waals surface area (Å²) >= 11 is 0. The second-order valence-electron chi connectivity index (χ2n) is 9.01. The molecular weight excluding hydrogens is 369 g/mol. The van der Waals surface area contributed by atoms with Crippen molar-refractivity contribution in [3.8, 4) is 22.5 Å². The van der Waals surface area contributed by atoms with Gasteiger partial charge in [0.25, 0.3) is 0 Å². The lowest BCUT2D eigenvalue weighted by Gasteiger charge is -2.20. The number of allylic oxidation sites excluding steroid dienone is 1. The van der Waals surface area contributed by atoms with Crippen molar-refractivity contribution in [1.82, 2.24) is 4.98 Å². The van der Waals surface area contributed by atoms with Crippen LogP contribution in [0.3, 0.4) is 0 Å². The van der Waals surface area contributed by atoms with E-state index in [9.17, 15) is 4.39 Å². The third-order valence-electron chi connectivity index (χ3n) is 6.28. The molecule has 2 heteroatoms. The highest BCUT2D eigenvalue weighted by Crippen LogP contribution is 2.49. The molecule has 30 heavy (non-hydrogen) atoms. The molecule has 0 bridgehead atoms. The molecule has 5 rings (SSSR count). The second-order valence-corrected chi connectivity index (χ2v) is 9.01. The number of benzene rings is 2. The zero-order valence-corrected chi connectivity index (χ0v) is 17.8. The van der Waals surface area contributed by atoms with Gasteiger partial charge < -0.3 is 0 Å². The first kappa shape index (κ1) is 19.2. The summed E-state index contributed by atoms with van der Waals surface area (Å²) in [5.74, 6) is 0.885. The fraction of sp³-hybridized carbons (Fsp3) is 0.321. The first-order valence-electron chi connectivity index (χ1n) is 11.2. The minimum atomic E-state index is -0.208. The van der Waals surface area contributed by atoms with Gasteiger partial charge in [-0.3, -0.25) is 0 Å². The molecule has 2 aromatic carbocycles. The molecule has 0 aliphatic heterocycles. The smallest absolute Gasteiger partial charge is 0.123 e. The summed E-state index contributed by atoms with van der Waals surface area (Å²) in [6.45, 7) is 4.41. The van der Waals surface area contributed by atoms with Gasteiger partial charge in [-0.05, 0) is 84.9 Å². The third kappa shape index (κ3) is 3.60. The second kappa shape index (κ2) is 7.83. The predicted octanol–water partition coefficient (Wildman–Crippen LogP) is 7.59. The quantitative estimate of drug-likeness (QED) is 0.442. The van der Waals surface area contributed by atoms with Gasteiger partial charge in [-0.1, -0.05) is 50.3 Å². The van der Waals surface area contributed by atoms with Crippen LogP contribution in [-0.4, -0.2) is 4.98 Å². The Hall–Kier alpha value is -2.74. The van der Waals surface area contributed by atoms with Gasteiger partial charge >= 0.3 is 0 Å². The molecule has 152 valence electrons. The normalized spacial score (nSPS) is 15.9. The zero-order valence-electron chi connectivity index (χ0n) is 17.8. The SMILES string of the molecule is CC(C)/C=C/c1c(-c2ccc(F)cc2)nc2c(c1C1CC1)CCCc1ccccc1-2. The van der Waals surface area contributed by atoms with Crippen LogP contribution < -0.4 is 0 Å². The van der Waals surface area contributed by atoms with E-state index in [4.69, 9.17) is 4.98 Å². The minimum Gasteiger partial charge on any atom is -0.247 e. The van der Waals surface area contributed by atoms with E-state index in [0.29, 0.717) is 11.8 Å². The molecule has 0 N–H and O–H groups in total. The fourth-order valence-corrected chi connectivity index (χ4v) is 4.68. The molecule has 0 saturated heterocycles. The van der Waals surface area contributed by atoms with E-state index in [2.05, 4.69) is 50.3 Å². The van der Waals surface area contributed by atoms with E-state index in [0.717, 1.165) is 36.2 Å². The Morgan fingerprint density at radius 3 is 2.47 bits per heavy atom. The molecule has 1 aromatic heterocycles. The summed E-state index contributed by atoms with van der Waals surface area (Å²) in [5, 5.41) is 0. The van der Waals surface area contributed by atoms with E-state index in [1.807, 2.05) is 12.1 Å². The molecule has 1 saturated carbocycles. The summed E-state index contributed by atoms with van der Waals surface area (Å²) in [6, 6.07) is 15.6. The molecule has 1 fully saturated rings. The molecule has 1 heterocycles. The van der Waals surface area contributed by atoms with Crippen LogP contribution in [0.1, 0.15) is 61.3 Å². The Bertz CT molecular complexity index is 1100. The summed E-state index contributed by atoms with van der Waals surface area (Å²) in [7, 11) is 0. The molecule has 3 aromatic rings. The average Bonchev–Trinajstić information content (AvgIpc) is 3.59. The monoisotopic (exact) mass is 397 g/mol. The standard InChI is InChI=1S/C28H28FN/c1-18(2)10-17-25-26(20-11-12-20)24-9-5-7-19-6-3-4-8-23(19)28(24)30-27(25)21-13-15-22(29)16-14-21/h3-4,6,8,10,13-18,20H,5,7,9,11-12H2,1-2H3/b17-10+. The van der Waals surface area contributed by atoms with Crippen LogP contribution in [0.2, 0.25) is 0 Å². The van der Waals surface area contributed by atoms with E-state index in [1.54, 1.807) is 12.1 Å². The lowest BCUT2D eigenvalue weighted by molar-refractivity contribution is 0.628. The molecule has 0 unspecified atom stereocenters. The maximum absolute atomic E-state index is 13.7. The number of nitrogens with zero attached hydrogens (tertiary/aromatic N) is 1. The van der Waals surface area contributed by atoms with E-state index < -0.39 is 0 Å². The summed E-state index contributed by atoms with van der Waals surface area (Å²) in [4.78, 5) is 5.29. The highest BCUT2D eigenvalue weighted by atomic mass is 19.1. The van der Waals surface area contributed by atoms with Crippen molar-refractivity contribution >= 4 is 6.08 Å². The number of hydrogen-bond donors (Lipinski definition) is 0. The lowest BCUT2D eigenvalue weighted by Crippen LogP contribution is -2.05. The molecular formula is C28H28FN. The number of aromatic nitrogens is 1. The van der Waals surface area contributed by atoms with Gasteiger partial charge in [0.05, 0.1) is 11.4 Å². The van der Waals surface area contributed by atoms with Gasteiger partial charge in [0.2, 0.25) is 0 Å². The van der Waals surface area contributed by atoms with Crippen molar-refractivity contribution in [2.75, 3.05) is 0 Å². The highest BCUT2D eigenvalue weighted by Gasteiger charge is 2.33. The van der Waals surface area contributed by atoms with Gasteiger partial charge in [0.15, 0.2) is 0 Å². The first-order valence-corrected chi connectivity index (χ1v) is 11.2. The predicted molar refractivity (Wildman–Crippen MR) is 123 cm³/mol. The Labute approximate surface area is 178 Å². The number of halogens is 1. The topological polar surface area (TPSA) is 12.9 Å². The lowest BCUT2D eigenvalue weighted by atomic mass is 9.88. The molecule has 2 aliphatic carbocycles. The van der Waals surface area contributed by atoms with Crippen molar-refractivity contribution in [3.63, 3.8) is 0 Å². The van der Waals surface area contributed by atoms with Gasteiger partial charge in [-0.25, -0.2) is 9.37 Å². The van der Waals surface area contributed by atoms with Crippen molar-refractivity contribution < 1.29 is 4.39 Å². The van der Waals surface area contributed by atoms with Crippen LogP contribution in [0.4, 0.5) is 4.39 Å². The van der Waals surface area contributed by atoms with Gasteiger partial charge in [-0.2, -0.15) is 0 Å². The van der Waals surface area contributed by atoms with Gasteiger partial charge in [-0.15, -0.1) is 0 Å². The summed E-state index contributed by atoms with van der Waals surface area (Å²) in [5.41, 5.74) is 9.97. The molecule has 2 aliphatic rings. The number of hydrogen-bond acceptors (Lipinski definition) is 1. The van der Waals surface area contributed by atoms with Crippen LogP contribution in [0.25, 0.3) is 28.6 Å². The number of rotatable bonds is 4. The average molecular weight is 398 g/mol. The molecule has 0 atom stereocenters. The molecule has 0 radical (unpaired) electrons. The maximum Gasteiger partial charge on any atom is 0.123 e. The third-order valence-corrected chi connectivity index (χ3v) is 6.28. The van der Waals surface area contributed by atoms with Crippen LogP contribution >= 0.6 is 0 Å². The van der Waals surface area contributed by atoms with Crippen molar-refractivity contribution in [2.45, 2.75) is 51.9 Å². The Kier molecular flexibility index (Phi) is 5.02. The molecule has 0 spiro atoms. The molecule has 0 amide bonds. The van der Waals surface area contributed by atoms with Gasteiger partial charge in [0, 0.05) is 16.7 Å². The van der Waals surface area contributed by atoms with Crippen molar-refractivity contribution in [3.05, 3.63) is 82.7 Å². The number of fused-ring (bicyclic) bond motifs is 3. The largest absolute Gasteiger partial charge is 0.247 e. The van der Waals surface area contributed by atoms with E-state index in [-0.39, 0.29) is 5.82 Å². The van der Waals surface area contributed by atoms with Crippen molar-refractivity contribution in [2.24, 2.45) is 5.92 Å². The Balaban J connectivity index is 1.82. The zero-order chi connectivity index (χ0) is 20.7. The van der Waals surface area contributed by atoms with Crippen LogP contribution in [0.5, 0.6) is 0 Å². The van der Waals surface area contributed by atoms with Crippen LogP contribution in [-0.2, 0) is 12.8 Å². The first-order chi connectivity index (χ1) is 14.6. The van der Waals surface area contributed by atoms with Crippen LogP contribution in [0, 0.1) is 11.7 Å². The molecule has 1 nitrogen and oxygen atoms in total. The summed E-state index contributed by atoms with van der Waals surface area (Å²) in [6.07, 6.45) is 10.4. The Morgan fingerprint density at radius 1 is 0.967 bits per heavy atom. The minimum absolute atomic E-state index is 0.208. The van der Waals surface area contributed by atoms with E-state index >= 15 is 0 Å². The number of pyridine rings is 1. The van der Waals surface area contributed by atoms with Gasteiger partial charge in [0.1, 0.15) is 5.82 Å². The van der Waals surface area contributed by atoms with Crippen molar-refractivity contribution in [1.29, 1.82) is 0 Å². The fourth-order valence-electron chi connectivity index (χ4n) is 4.68.